The largest absolute Gasteiger partial charge is 0.496 e. The van der Waals surface area contributed by atoms with Crippen molar-refractivity contribution in [3.8, 4) is 5.75 Å². The fourth-order valence-electron chi connectivity index (χ4n) is 1.75. The molecule has 0 aliphatic rings. The van der Waals surface area contributed by atoms with Gasteiger partial charge in [-0.3, -0.25) is 9.59 Å². The molecule has 104 valence electrons. The predicted molar refractivity (Wildman–Crippen MR) is 71.3 cm³/mol. The molecule has 1 atom stereocenters. The summed E-state index contributed by atoms with van der Waals surface area (Å²) >= 11 is 0. The molecule has 0 aliphatic carbocycles. The lowest BCUT2D eigenvalue weighted by molar-refractivity contribution is -0.133. The summed E-state index contributed by atoms with van der Waals surface area (Å²) in [6.07, 6.45) is -0.158. The monoisotopic (exact) mass is 265 g/mol. The molecular formula is C13H19N3O3. The van der Waals surface area contributed by atoms with E-state index in [9.17, 15) is 9.59 Å². The Morgan fingerprint density at radius 3 is 2.58 bits per heavy atom. The van der Waals surface area contributed by atoms with Crippen molar-refractivity contribution >= 4 is 11.8 Å². The third kappa shape index (κ3) is 4.26. The van der Waals surface area contributed by atoms with Crippen molar-refractivity contribution in [2.45, 2.75) is 19.0 Å². The minimum absolute atomic E-state index is 0.158. The number of methoxy groups -OCH3 is 1. The minimum Gasteiger partial charge on any atom is -0.496 e. The fraction of sp³-hybridized carbons (Fsp3) is 0.385. The topological polar surface area (TPSA) is 98.7 Å². The summed E-state index contributed by atoms with van der Waals surface area (Å²) in [6, 6.07) is 6.49. The van der Waals surface area contributed by atoms with Crippen LogP contribution in [0.25, 0.3) is 0 Å². The number of hydrogen-bond donors (Lipinski definition) is 2. The van der Waals surface area contributed by atoms with Crippen LogP contribution in [0, 0.1) is 0 Å². The number of amides is 2. The van der Waals surface area contributed by atoms with Crippen molar-refractivity contribution in [1.82, 2.24) is 4.90 Å². The first-order valence-corrected chi connectivity index (χ1v) is 5.86. The molecular weight excluding hydrogens is 246 g/mol. The van der Waals surface area contributed by atoms with Crippen LogP contribution in [0.4, 0.5) is 0 Å². The average molecular weight is 265 g/mol. The maximum absolute atomic E-state index is 11.9. The van der Waals surface area contributed by atoms with Crippen molar-refractivity contribution < 1.29 is 14.3 Å². The first-order chi connectivity index (χ1) is 8.95. The summed E-state index contributed by atoms with van der Waals surface area (Å²) in [5, 5.41) is 0. The van der Waals surface area contributed by atoms with Gasteiger partial charge in [-0.1, -0.05) is 18.2 Å². The number of benzene rings is 1. The van der Waals surface area contributed by atoms with E-state index >= 15 is 0 Å². The Morgan fingerprint density at radius 1 is 1.37 bits per heavy atom. The quantitative estimate of drug-likeness (QED) is 0.747. The van der Waals surface area contributed by atoms with E-state index in [0.29, 0.717) is 12.3 Å². The van der Waals surface area contributed by atoms with Crippen molar-refractivity contribution in [1.29, 1.82) is 0 Å². The number of para-hydroxylation sites is 1. The number of hydrogen-bond acceptors (Lipinski definition) is 4. The van der Waals surface area contributed by atoms with E-state index in [4.69, 9.17) is 16.2 Å². The van der Waals surface area contributed by atoms with E-state index in [2.05, 4.69) is 0 Å². The van der Waals surface area contributed by atoms with Gasteiger partial charge in [0.05, 0.1) is 19.6 Å². The number of ether oxygens (including phenoxy) is 1. The molecule has 0 heterocycles. The molecule has 1 aromatic rings. The Bertz CT molecular complexity index is 462. The van der Waals surface area contributed by atoms with Gasteiger partial charge in [-0.2, -0.15) is 0 Å². The van der Waals surface area contributed by atoms with E-state index < -0.39 is 11.9 Å². The van der Waals surface area contributed by atoms with E-state index in [0.717, 1.165) is 5.56 Å². The van der Waals surface area contributed by atoms with E-state index in [-0.39, 0.29) is 12.3 Å². The number of likely N-dealkylation sites (N-methyl/N-ethyl adjacent to an activating group) is 1. The van der Waals surface area contributed by atoms with Crippen LogP contribution in [0.5, 0.6) is 5.75 Å². The highest BCUT2D eigenvalue weighted by Crippen LogP contribution is 2.18. The molecule has 1 rings (SSSR count). The maximum atomic E-state index is 11.9. The molecule has 0 spiro atoms. The number of carbonyl (C=O) groups excluding carboxylic acids is 2. The van der Waals surface area contributed by atoms with Crippen LogP contribution in [0.15, 0.2) is 24.3 Å². The van der Waals surface area contributed by atoms with Crippen molar-refractivity contribution in [2.75, 3.05) is 14.2 Å². The van der Waals surface area contributed by atoms with Gasteiger partial charge in [-0.25, -0.2) is 0 Å². The van der Waals surface area contributed by atoms with E-state index in [1.165, 1.54) is 4.90 Å². The Hall–Kier alpha value is -2.08. The smallest absolute Gasteiger partial charge is 0.240 e. The second-order valence-electron chi connectivity index (χ2n) is 4.28. The lowest BCUT2D eigenvalue weighted by atomic mass is 10.1. The molecule has 6 nitrogen and oxygen atoms in total. The molecule has 4 N–H and O–H groups in total. The minimum atomic E-state index is -0.905. The van der Waals surface area contributed by atoms with Crippen LogP contribution in [0.3, 0.4) is 0 Å². The Balaban J connectivity index is 2.71. The molecule has 1 aromatic carbocycles. The number of nitrogens with two attached hydrogens (primary N) is 2. The third-order valence-electron chi connectivity index (χ3n) is 2.71. The number of rotatable bonds is 6. The molecule has 0 aromatic heterocycles. The van der Waals surface area contributed by atoms with Crippen molar-refractivity contribution in [2.24, 2.45) is 11.5 Å². The van der Waals surface area contributed by atoms with E-state index in [1.54, 1.807) is 14.2 Å². The lowest BCUT2D eigenvalue weighted by Gasteiger charge is -2.21. The molecule has 0 bridgehead atoms. The molecule has 0 saturated carbocycles. The van der Waals surface area contributed by atoms with Gasteiger partial charge in [0.25, 0.3) is 0 Å². The SMILES string of the molecule is COc1ccccc1CN(C)C(=O)C(N)CC(N)=O. The fourth-order valence-corrected chi connectivity index (χ4v) is 1.75. The Labute approximate surface area is 112 Å². The summed E-state index contributed by atoms with van der Waals surface area (Å²) < 4.78 is 5.21. The van der Waals surface area contributed by atoms with Gasteiger partial charge in [-0.15, -0.1) is 0 Å². The summed E-state index contributed by atoms with van der Waals surface area (Å²) in [4.78, 5) is 24.1. The molecule has 0 radical (unpaired) electrons. The summed E-state index contributed by atoms with van der Waals surface area (Å²) in [6.45, 7) is 0.356. The van der Waals surface area contributed by atoms with Gasteiger partial charge in [-0.05, 0) is 6.07 Å². The number of nitrogens with zero attached hydrogens (tertiary/aromatic N) is 1. The van der Waals surface area contributed by atoms with Gasteiger partial charge in [0.15, 0.2) is 0 Å². The summed E-state index contributed by atoms with van der Waals surface area (Å²) in [5.41, 5.74) is 11.5. The van der Waals surface area contributed by atoms with Crippen LogP contribution >= 0.6 is 0 Å². The van der Waals surface area contributed by atoms with Crippen LogP contribution in [-0.2, 0) is 16.1 Å². The van der Waals surface area contributed by atoms with Crippen molar-refractivity contribution in [3.63, 3.8) is 0 Å². The normalized spacial score (nSPS) is 11.7. The highest BCUT2D eigenvalue weighted by molar-refractivity contribution is 5.87. The highest BCUT2D eigenvalue weighted by Gasteiger charge is 2.20. The van der Waals surface area contributed by atoms with Gasteiger partial charge < -0.3 is 21.1 Å². The van der Waals surface area contributed by atoms with Gasteiger partial charge >= 0.3 is 0 Å². The second kappa shape index (κ2) is 6.75. The standard InChI is InChI=1S/C13H19N3O3/c1-16(13(18)10(14)7-12(15)17)8-9-5-3-4-6-11(9)19-2/h3-6,10H,7-8,14H2,1-2H3,(H2,15,17). The second-order valence-corrected chi connectivity index (χ2v) is 4.28. The number of primary amides is 1. The summed E-state index contributed by atoms with van der Waals surface area (Å²) in [7, 11) is 3.19. The highest BCUT2D eigenvalue weighted by atomic mass is 16.5. The van der Waals surface area contributed by atoms with E-state index in [1.807, 2.05) is 24.3 Å². The average Bonchev–Trinajstić information content (AvgIpc) is 2.37. The Morgan fingerprint density at radius 2 is 2.00 bits per heavy atom. The van der Waals surface area contributed by atoms with Crippen molar-refractivity contribution in [3.05, 3.63) is 29.8 Å². The van der Waals surface area contributed by atoms with Crippen LogP contribution in [-0.4, -0.2) is 36.9 Å². The van der Waals surface area contributed by atoms with Crippen LogP contribution in [0.1, 0.15) is 12.0 Å². The molecule has 0 saturated heterocycles. The van der Waals surface area contributed by atoms with Gasteiger partial charge in [0.2, 0.25) is 11.8 Å². The first kappa shape index (κ1) is 15.0. The molecule has 19 heavy (non-hydrogen) atoms. The molecule has 2 amide bonds. The first-order valence-electron chi connectivity index (χ1n) is 5.86. The van der Waals surface area contributed by atoms with Gasteiger partial charge in [0.1, 0.15) is 5.75 Å². The molecule has 1 unspecified atom stereocenters. The zero-order valence-corrected chi connectivity index (χ0v) is 11.1. The Kier molecular flexibility index (Phi) is 5.32. The molecule has 6 heteroatoms. The molecule has 0 aliphatic heterocycles. The number of carbonyl (C=O) groups is 2. The maximum Gasteiger partial charge on any atom is 0.240 e. The van der Waals surface area contributed by atoms with Crippen LogP contribution < -0.4 is 16.2 Å². The summed E-state index contributed by atoms with van der Waals surface area (Å²) in [5.74, 6) is -0.220. The lowest BCUT2D eigenvalue weighted by Crippen LogP contribution is -2.43. The zero-order valence-electron chi connectivity index (χ0n) is 11.1. The predicted octanol–water partition coefficient (Wildman–Crippen LogP) is -0.144. The van der Waals surface area contributed by atoms with Gasteiger partial charge in [0, 0.05) is 19.2 Å². The molecule has 0 fully saturated rings. The third-order valence-corrected chi connectivity index (χ3v) is 2.71. The van der Waals surface area contributed by atoms with Crippen LogP contribution in [0.2, 0.25) is 0 Å². The zero-order chi connectivity index (χ0) is 14.4.